The molecule has 1 rings (SSSR count). The van der Waals surface area contributed by atoms with Crippen LogP contribution in [-0.4, -0.2) is 17.5 Å². The van der Waals surface area contributed by atoms with Gasteiger partial charge < -0.3 is 10.6 Å². The van der Waals surface area contributed by atoms with Gasteiger partial charge in [0.25, 0.3) is 0 Å². The number of aryl methyl sites for hydroxylation is 1. The molecular formula is C17H25N3O. The standard InChI is InChI=1S/C17H25N3O/c1-11(2)17(6,10-18)20-16(21)14(5)19-15-9-7-8-12(3)13(15)4/h7-9,11,14,19H,1-6H3,(H,20,21)/t14-,17-/m1/s1. The molecule has 2 atom stereocenters. The third-order valence-electron chi connectivity index (χ3n) is 4.14. The Morgan fingerprint density at radius 1 is 1.29 bits per heavy atom. The van der Waals surface area contributed by atoms with Gasteiger partial charge in [-0.3, -0.25) is 4.79 Å². The fraction of sp³-hybridized carbons (Fsp3) is 0.529. The summed E-state index contributed by atoms with van der Waals surface area (Å²) in [6, 6.07) is 7.74. The summed E-state index contributed by atoms with van der Waals surface area (Å²) < 4.78 is 0. The summed E-state index contributed by atoms with van der Waals surface area (Å²) in [4.78, 5) is 12.3. The van der Waals surface area contributed by atoms with Crippen molar-refractivity contribution in [2.24, 2.45) is 5.92 Å². The van der Waals surface area contributed by atoms with Crippen molar-refractivity contribution < 1.29 is 4.79 Å². The largest absolute Gasteiger partial charge is 0.374 e. The maximum Gasteiger partial charge on any atom is 0.243 e. The van der Waals surface area contributed by atoms with Crippen molar-refractivity contribution in [1.82, 2.24) is 5.32 Å². The fourth-order valence-electron chi connectivity index (χ4n) is 1.87. The first-order valence-electron chi connectivity index (χ1n) is 7.27. The molecule has 0 unspecified atom stereocenters. The van der Waals surface area contributed by atoms with E-state index in [2.05, 4.69) is 16.7 Å². The van der Waals surface area contributed by atoms with Crippen LogP contribution >= 0.6 is 0 Å². The molecule has 0 heterocycles. The number of carbonyl (C=O) groups excluding carboxylic acids is 1. The van der Waals surface area contributed by atoms with E-state index in [9.17, 15) is 10.1 Å². The number of rotatable bonds is 5. The van der Waals surface area contributed by atoms with E-state index in [1.54, 1.807) is 13.8 Å². The zero-order valence-electron chi connectivity index (χ0n) is 13.7. The molecule has 1 aromatic carbocycles. The van der Waals surface area contributed by atoms with Crippen molar-refractivity contribution in [3.63, 3.8) is 0 Å². The van der Waals surface area contributed by atoms with Gasteiger partial charge >= 0.3 is 0 Å². The van der Waals surface area contributed by atoms with Crippen molar-refractivity contribution >= 4 is 11.6 Å². The number of nitrogens with zero attached hydrogens (tertiary/aromatic N) is 1. The number of carbonyl (C=O) groups is 1. The van der Waals surface area contributed by atoms with Crippen LogP contribution in [0.2, 0.25) is 0 Å². The number of benzene rings is 1. The average molecular weight is 287 g/mol. The molecule has 4 nitrogen and oxygen atoms in total. The molecule has 0 fully saturated rings. The van der Waals surface area contributed by atoms with Gasteiger partial charge in [0.15, 0.2) is 0 Å². The lowest BCUT2D eigenvalue weighted by Crippen LogP contribution is -2.53. The highest BCUT2D eigenvalue weighted by Gasteiger charge is 2.31. The second kappa shape index (κ2) is 6.62. The third-order valence-corrected chi connectivity index (χ3v) is 4.14. The minimum Gasteiger partial charge on any atom is -0.374 e. The number of nitriles is 1. The highest BCUT2D eigenvalue weighted by Crippen LogP contribution is 2.20. The minimum atomic E-state index is -0.853. The summed E-state index contributed by atoms with van der Waals surface area (Å²) in [5, 5.41) is 15.3. The highest BCUT2D eigenvalue weighted by molar-refractivity contribution is 5.85. The molecule has 0 spiro atoms. The van der Waals surface area contributed by atoms with Crippen LogP contribution in [-0.2, 0) is 4.79 Å². The van der Waals surface area contributed by atoms with Crippen LogP contribution in [0.3, 0.4) is 0 Å². The van der Waals surface area contributed by atoms with Crippen LogP contribution in [0.4, 0.5) is 5.69 Å². The maximum absolute atomic E-state index is 12.3. The molecule has 0 aromatic heterocycles. The first-order valence-corrected chi connectivity index (χ1v) is 7.27. The van der Waals surface area contributed by atoms with Gasteiger partial charge in [-0.05, 0) is 50.8 Å². The molecule has 0 bridgehead atoms. The Morgan fingerprint density at radius 2 is 1.90 bits per heavy atom. The van der Waals surface area contributed by atoms with E-state index in [-0.39, 0.29) is 11.8 Å². The predicted molar refractivity (Wildman–Crippen MR) is 86.0 cm³/mol. The van der Waals surface area contributed by atoms with Crippen molar-refractivity contribution in [3.05, 3.63) is 29.3 Å². The Balaban J connectivity index is 2.81. The summed E-state index contributed by atoms with van der Waals surface area (Å²) in [6.45, 7) is 11.5. The predicted octanol–water partition coefficient (Wildman–Crippen LogP) is 3.16. The molecule has 1 amide bonds. The monoisotopic (exact) mass is 287 g/mol. The van der Waals surface area contributed by atoms with Crippen molar-refractivity contribution in [3.8, 4) is 6.07 Å². The van der Waals surface area contributed by atoms with Gasteiger partial charge in [-0.2, -0.15) is 5.26 Å². The van der Waals surface area contributed by atoms with Crippen LogP contribution in [0.1, 0.15) is 38.8 Å². The van der Waals surface area contributed by atoms with E-state index >= 15 is 0 Å². The molecule has 114 valence electrons. The first-order chi connectivity index (χ1) is 9.71. The fourth-order valence-corrected chi connectivity index (χ4v) is 1.87. The maximum atomic E-state index is 12.3. The normalized spacial score (nSPS) is 15.0. The summed E-state index contributed by atoms with van der Waals surface area (Å²) in [5.41, 5.74) is 2.40. The van der Waals surface area contributed by atoms with E-state index in [4.69, 9.17) is 0 Å². The average Bonchev–Trinajstić information content (AvgIpc) is 2.43. The summed E-state index contributed by atoms with van der Waals surface area (Å²) in [5.74, 6) is -0.131. The summed E-state index contributed by atoms with van der Waals surface area (Å²) in [6.07, 6.45) is 0. The number of hydrogen-bond acceptors (Lipinski definition) is 3. The highest BCUT2D eigenvalue weighted by atomic mass is 16.2. The molecule has 0 radical (unpaired) electrons. The molecule has 2 N–H and O–H groups in total. The molecule has 4 heteroatoms. The SMILES string of the molecule is Cc1cccc(N[C@H](C)C(=O)N[C@](C)(C#N)C(C)C)c1C. The lowest BCUT2D eigenvalue weighted by atomic mass is 9.90. The first kappa shape index (κ1) is 17.0. The topological polar surface area (TPSA) is 64.9 Å². The van der Waals surface area contributed by atoms with Crippen molar-refractivity contribution in [2.45, 2.75) is 53.1 Å². The molecule has 21 heavy (non-hydrogen) atoms. The number of hydrogen-bond donors (Lipinski definition) is 2. The molecule has 0 aliphatic heterocycles. The van der Waals surface area contributed by atoms with Gasteiger partial charge in [-0.1, -0.05) is 26.0 Å². The summed E-state index contributed by atoms with van der Waals surface area (Å²) >= 11 is 0. The molecule has 0 aliphatic rings. The van der Waals surface area contributed by atoms with Gasteiger partial charge in [0.1, 0.15) is 11.6 Å². The second-order valence-corrected chi connectivity index (χ2v) is 6.07. The van der Waals surface area contributed by atoms with Gasteiger partial charge in [0.2, 0.25) is 5.91 Å². The molecule has 0 saturated carbocycles. The minimum absolute atomic E-state index is 0.0411. The molecule has 1 aromatic rings. The third kappa shape index (κ3) is 3.98. The van der Waals surface area contributed by atoms with Crippen molar-refractivity contribution in [1.29, 1.82) is 5.26 Å². The smallest absolute Gasteiger partial charge is 0.243 e. The van der Waals surface area contributed by atoms with Gasteiger partial charge in [-0.15, -0.1) is 0 Å². The quantitative estimate of drug-likeness (QED) is 0.874. The van der Waals surface area contributed by atoms with Gasteiger partial charge in [0, 0.05) is 5.69 Å². The van der Waals surface area contributed by atoms with Crippen LogP contribution in [0.15, 0.2) is 18.2 Å². The Bertz CT molecular complexity index is 560. The Morgan fingerprint density at radius 3 is 2.43 bits per heavy atom. The Labute approximate surface area is 127 Å². The van der Waals surface area contributed by atoms with Crippen LogP contribution < -0.4 is 10.6 Å². The molecule has 0 aliphatic carbocycles. The van der Waals surface area contributed by atoms with E-state index < -0.39 is 11.6 Å². The Kier molecular flexibility index (Phi) is 5.37. The lowest BCUT2D eigenvalue weighted by Gasteiger charge is -2.29. The van der Waals surface area contributed by atoms with E-state index in [0.29, 0.717) is 0 Å². The van der Waals surface area contributed by atoms with Crippen LogP contribution in [0.25, 0.3) is 0 Å². The van der Waals surface area contributed by atoms with E-state index in [0.717, 1.165) is 11.3 Å². The number of anilines is 1. The number of nitrogens with one attached hydrogen (secondary N) is 2. The Hall–Kier alpha value is -2.02. The van der Waals surface area contributed by atoms with Gasteiger partial charge in [0.05, 0.1) is 6.07 Å². The van der Waals surface area contributed by atoms with E-state index in [1.165, 1.54) is 5.56 Å². The summed E-state index contributed by atoms with van der Waals surface area (Å²) in [7, 11) is 0. The zero-order valence-corrected chi connectivity index (χ0v) is 13.7. The van der Waals surface area contributed by atoms with E-state index in [1.807, 2.05) is 45.9 Å². The van der Waals surface area contributed by atoms with Crippen LogP contribution in [0.5, 0.6) is 0 Å². The van der Waals surface area contributed by atoms with Crippen LogP contribution in [0, 0.1) is 31.1 Å². The molecular weight excluding hydrogens is 262 g/mol. The lowest BCUT2D eigenvalue weighted by molar-refractivity contribution is -0.123. The molecule has 0 saturated heterocycles. The van der Waals surface area contributed by atoms with Gasteiger partial charge in [-0.25, -0.2) is 0 Å². The van der Waals surface area contributed by atoms with Crippen molar-refractivity contribution in [2.75, 3.05) is 5.32 Å². The number of amides is 1. The second-order valence-electron chi connectivity index (χ2n) is 6.07. The zero-order chi connectivity index (χ0) is 16.2.